The molecule has 3 rings (SSSR count). The minimum absolute atomic E-state index is 0.202. The Balaban J connectivity index is 1.80. The zero-order valence-corrected chi connectivity index (χ0v) is 21.3. The van der Waals surface area contributed by atoms with Gasteiger partial charge in [0.25, 0.3) is 0 Å². The highest BCUT2D eigenvalue weighted by atomic mass is 16.5. The molecule has 190 valence electrons. The number of carbonyl (C=O) groups excluding carboxylic acids is 2. The van der Waals surface area contributed by atoms with Crippen molar-refractivity contribution in [2.75, 3.05) is 26.3 Å². The smallest absolute Gasteiger partial charge is 0.320 e. The van der Waals surface area contributed by atoms with Crippen LogP contribution in [-0.4, -0.2) is 48.0 Å². The van der Waals surface area contributed by atoms with E-state index in [1.54, 1.807) is 0 Å². The Bertz CT molecular complexity index is 986. The molecule has 0 N–H and O–H groups in total. The quantitative estimate of drug-likeness (QED) is 0.303. The highest BCUT2D eigenvalue weighted by Gasteiger charge is 2.18. The minimum atomic E-state index is -0.237. The molecule has 0 amide bonds. The average molecular weight is 489 g/mol. The van der Waals surface area contributed by atoms with Crippen molar-refractivity contribution in [3.63, 3.8) is 0 Å². The van der Waals surface area contributed by atoms with Crippen molar-refractivity contribution in [2.24, 2.45) is 0 Å². The molecule has 6 nitrogen and oxygen atoms in total. The standard InChI is InChI=1S/C30H36N2O4/c1-3-35-29(33)23-31(19-25-13-7-5-8-14-25)21-27-17-11-12-18-28(27)22-32(24-30(34)36-4-2)20-26-15-9-6-10-16-26/h5-18H,3-4,19-24H2,1-2H3. The summed E-state index contributed by atoms with van der Waals surface area (Å²) in [5.41, 5.74) is 4.49. The highest BCUT2D eigenvalue weighted by Crippen LogP contribution is 2.18. The summed E-state index contributed by atoms with van der Waals surface area (Å²) in [5.74, 6) is -0.474. The molecule has 6 heteroatoms. The minimum Gasteiger partial charge on any atom is -0.465 e. The summed E-state index contributed by atoms with van der Waals surface area (Å²) in [6.07, 6.45) is 0. The van der Waals surface area contributed by atoms with Gasteiger partial charge in [0, 0.05) is 26.2 Å². The maximum absolute atomic E-state index is 12.4. The fraction of sp³-hybridized carbons (Fsp3) is 0.333. The fourth-order valence-corrected chi connectivity index (χ4v) is 4.14. The normalized spacial score (nSPS) is 11.0. The monoisotopic (exact) mass is 488 g/mol. The average Bonchev–Trinajstić information content (AvgIpc) is 2.86. The second-order valence-electron chi connectivity index (χ2n) is 8.64. The van der Waals surface area contributed by atoms with Crippen LogP contribution in [-0.2, 0) is 45.2 Å². The highest BCUT2D eigenvalue weighted by molar-refractivity contribution is 5.72. The van der Waals surface area contributed by atoms with Crippen LogP contribution in [0.4, 0.5) is 0 Å². The number of esters is 2. The van der Waals surface area contributed by atoms with Crippen LogP contribution in [0, 0.1) is 0 Å². The maximum atomic E-state index is 12.4. The van der Waals surface area contributed by atoms with Crippen molar-refractivity contribution < 1.29 is 19.1 Å². The summed E-state index contributed by atoms with van der Waals surface area (Å²) >= 11 is 0. The van der Waals surface area contributed by atoms with Crippen LogP contribution in [0.5, 0.6) is 0 Å². The summed E-state index contributed by atoms with van der Waals surface area (Å²) in [5, 5.41) is 0. The Kier molecular flexibility index (Phi) is 11.2. The summed E-state index contributed by atoms with van der Waals surface area (Å²) in [6.45, 7) is 7.19. The SMILES string of the molecule is CCOC(=O)CN(Cc1ccccc1)Cc1ccccc1CN(CC(=O)OCC)Cc1ccccc1. The maximum Gasteiger partial charge on any atom is 0.320 e. The number of hydrogen-bond donors (Lipinski definition) is 0. The molecule has 0 fully saturated rings. The number of carbonyl (C=O) groups is 2. The van der Waals surface area contributed by atoms with E-state index in [1.165, 1.54) is 0 Å². The van der Waals surface area contributed by atoms with E-state index in [0.29, 0.717) is 39.4 Å². The first kappa shape index (κ1) is 27.1. The molecule has 0 spiro atoms. The van der Waals surface area contributed by atoms with Crippen LogP contribution >= 0.6 is 0 Å². The third-order valence-electron chi connectivity index (χ3n) is 5.72. The lowest BCUT2D eigenvalue weighted by Gasteiger charge is -2.26. The van der Waals surface area contributed by atoms with Crippen LogP contribution in [0.1, 0.15) is 36.1 Å². The van der Waals surface area contributed by atoms with Crippen molar-refractivity contribution >= 4 is 11.9 Å². The molecule has 0 aromatic heterocycles. The molecule has 0 unspecified atom stereocenters. The molecule has 0 aliphatic rings. The number of nitrogens with zero attached hydrogens (tertiary/aromatic N) is 2. The Hall–Kier alpha value is -3.48. The van der Waals surface area contributed by atoms with Gasteiger partial charge in [0.1, 0.15) is 0 Å². The summed E-state index contributed by atoms with van der Waals surface area (Å²) < 4.78 is 10.5. The Morgan fingerprint density at radius 2 is 0.917 bits per heavy atom. The Morgan fingerprint density at radius 3 is 1.28 bits per heavy atom. The van der Waals surface area contributed by atoms with E-state index in [1.807, 2.05) is 62.4 Å². The molecule has 0 aliphatic carbocycles. The summed E-state index contributed by atoms with van der Waals surface area (Å²) in [4.78, 5) is 28.9. The first-order chi connectivity index (χ1) is 17.6. The van der Waals surface area contributed by atoms with E-state index in [-0.39, 0.29) is 25.0 Å². The zero-order valence-electron chi connectivity index (χ0n) is 21.3. The molecule has 3 aromatic rings. The summed E-state index contributed by atoms with van der Waals surface area (Å²) in [6, 6.07) is 28.4. The first-order valence-corrected chi connectivity index (χ1v) is 12.5. The van der Waals surface area contributed by atoms with E-state index >= 15 is 0 Å². The van der Waals surface area contributed by atoms with Gasteiger partial charge in [-0.15, -0.1) is 0 Å². The van der Waals surface area contributed by atoms with Crippen molar-refractivity contribution in [2.45, 2.75) is 40.0 Å². The first-order valence-electron chi connectivity index (χ1n) is 12.5. The van der Waals surface area contributed by atoms with Crippen molar-refractivity contribution in [3.8, 4) is 0 Å². The van der Waals surface area contributed by atoms with E-state index < -0.39 is 0 Å². The van der Waals surface area contributed by atoms with Gasteiger partial charge in [0.2, 0.25) is 0 Å². The third kappa shape index (κ3) is 9.29. The van der Waals surface area contributed by atoms with Crippen molar-refractivity contribution in [1.29, 1.82) is 0 Å². The van der Waals surface area contributed by atoms with Crippen LogP contribution in [0.25, 0.3) is 0 Å². The number of ether oxygens (including phenoxy) is 2. The lowest BCUT2D eigenvalue weighted by atomic mass is 10.1. The molecule has 0 atom stereocenters. The van der Waals surface area contributed by atoms with Gasteiger partial charge in [-0.05, 0) is 36.1 Å². The summed E-state index contributed by atoms with van der Waals surface area (Å²) in [7, 11) is 0. The van der Waals surface area contributed by atoms with Gasteiger partial charge in [0.15, 0.2) is 0 Å². The molecule has 0 radical (unpaired) electrons. The molecular formula is C30H36N2O4. The number of benzene rings is 3. The number of hydrogen-bond acceptors (Lipinski definition) is 6. The Labute approximate surface area is 214 Å². The van der Waals surface area contributed by atoms with Gasteiger partial charge < -0.3 is 9.47 Å². The van der Waals surface area contributed by atoms with Crippen molar-refractivity contribution in [1.82, 2.24) is 9.80 Å². The number of rotatable bonds is 14. The molecule has 0 saturated carbocycles. The fourth-order valence-electron chi connectivity index (χ4n) is 4.14. The van der Waals surface area contributed by atoms with Gasteiger partial charge in [-0.25, -0.2) is 0 Å². The van der Waals surface area contributed by atoms with Gasteiger partial charge in [-0.2, -0.15) is 0 Å². The van der Waals surface area contributed by atoms with Crippen LogP contribution < -0.4 is 0 Å². The van der Waals surface area contributed by atoms with E-state index in [0.717, 1.165) is 22.3 Å². The molecule has 0 bridgehead atoms. The van der Waals surface area contributed by atoms with Gasteiger partial charge in [0.05, 0.1) is 26.3 Å². The van der Waals surface area contributed by atoms with Gasteiger partial charge in [-0.1, -0.05) is 84.9 Å². The lowest BCUT2D eigenvalue weighted by Crippen LogP contribution is -2.32. The largest absolute Gasteiger partial charge is 0.465 e. The van der Waals surface area contributed by atoms with E-state index in [2.05, 4.69) is 46.2 Å². The molecule has 0 saturated heterocycles. The third-order valence-corrected chi connectivity index (χ3v) is 5.72. The second-order valence-corrected chi connectivity index (χ2v) is 8.64. The van der Waals surface area contributed by atoms with Gasteiger partial charge >= 0.3 is 11.9 Å². The zero-order chi connectivity index (χ0) is 25.6. The van der Waals surface area contributed by atoms with Gasteiger partial charge in [-0.3, -0.25) is 19.4 Å². The molecule has 0 heterocycles. The lowest BCUT2D eigenvalue weighted by molar-refractivity contribution is -0.145. The topological polar surface area (TPSA) is 59.1 Å². The molecule has 36 heavy (non-hydrogen) atoms. The van der Waals surface area contributed by atoms with Crippen molar-refractivity contribution in [3.05, 3.63) is 107 Å². The molecule has 3 aromatic carbocycles. The van der Waals surface area contributed by atoms with Crippen LogP contribution in [0.2, 0.25) is 0 Å². The molecule has 0 aliphatic heterocycles. The van der Waals surface area contributed by atoms with E-state index in [9.17, 15) is 9.59 Å². The predicted octanol–water partition coefficient (Wildman–Crippen LogP) is 4.82. The van der Waals surface area contributed by atoms with Crippen LogP contribution in [0.3, 0.4) is 0 Å². The second kappa shape index (κ2) is 14.8. The molecular weight excluding hydrogens is 452 g/mol. The predicted molar refractivity (Wildman–Crippen MR) is 141 cm³/mol. The van der Waals surface area contributed by atoms with E-state index in [4.69, 9.17) is 9.47 Å². The van der Waals surface area contributed by atoms with Crippen LogP contribution in [0.15, 0.2) is 84.9 Å². The Morgan fingerprint density at radius 1 is 0.556 bits per heavy atom.